The van der Waals surface area contributed by atoms with Crippen molar-refractivity contribution in [3.8, 4) is 34.2 Å². The van der Waals surface area contributed by atoms with Crippen molar-refractivity contribution in [2.75, 3.05) is 12.3 Å². The number of phenolic OH excluding ortho intramolecular Hbond substituents is 2. The molecule has 0 fully saturated rings. The van der Waals surface area contributed by atoms with E-state index in [1.807, 2.05) is 13.8 Å². The lowest BCUT2D eigenvalue weighted by Gasteiger charge is -2.11. The first kappa shape index (κ1) is 18.2. The molecule has 3 aromatic rings. The minimum Gasteiger partial charge on any atom is -0.508 e. The van der Waals surface area contributed by atoms with Crippen LogP contribution in [-0.4, -0.2) is 38.0 Å². The minimum absolute atomic E-state index is 0.0106. The molecule has 2 aromatic heterocycles. The van der Waals surface area contributed by atoms with E-state index in [0.29, 0.717) is 12.1 Å². The van der Waals surface area contributed by atoms with E-state index >= 15 is 0 Å². The lowest BCUT2D eigenvalue weighted by atomic mass is 9.96. The second kappa shape index (κ2) is 6.98. The molecule has 0 aliphatic carbocycles. The van der Waals surface area contributed by atoms with Crippen molar-refractivity contribution in [1.82, 2.24) is 20.6 Å². The predicted octanol–water partition coefficient (Wildman–Crippen LogP) is 2.26. The molecule has 10 heteroatoms. The van der Waals surface area contributed by atoms with Crippen LogP contribution in [0.15, 0.2) is 21.2 Å². The zero-order valence-electron chi connectivity index (χ0n) is 15.0. The summed E-state index contributed by atoms with van der Waals surface area (Å²) in [6.45, 7) is 5.90. The third-order valence-corrected chi connectivity index (χ3v) is 3.92. The molecule has 0 spiro atoms. The summed E-state index contributed by atoms with van der Waals surface area (Å²) in [6, 6.07) is 2.56. The van der Waals surface area contributed by atoms with Crippen LogP contribution < -0.4 is 11.1 Å². The van der Waals surface area contributed by atoms with E-state index in [4.69, 9.17) is 14.8 Å². The number of aromatic nitrogens is 3. The Morgan fingerprint density at radius 3 is 2.56 bits per heavy atom. The molecule has 0 bridgehead atoms. The Hall–Kier alpha value is -3.56. The molecule has 10 nitrogen and oxygen atoms in total. The van der Waals surface area contributed by atoms with Gasteiger partial charge in [0.15, 0.2) is 11.5 Å². The molecule has 0 atom stereocenters. The van der Waals surface area contributed by atoms with E-state index in [-0.39, 0.29) is 51.8 Å². The Bertz CT molecular complexity index is 992. The maximum Gasteiger partial charge on any atom is 0.319 e. The normalized spacial score (nSPS) is 11.1. The Labute approximate surface area is 154 Å². The number of benzene rings is 1. The van der Waals surface area contributed by atoms with Crippen LogP contribution in [-0.2, 0) is 0 Å². The average Bonchev–Trinajstić information content (AvgIpc) is 3.20. The van der Waals surface area contributed by atoms with Crippen molar-refractivity contribution in [2.24, 2.45) is 0 Å². The summed E-state index contributed by atoms with van der Waals surface area (Å²) < 4.78 is 10.2. The number of anilines is 1. The standard InChI is InChI=1S/C17H19N5O5/c1-4-19-16(25)13-12(15-20-17(18)27-22-15)14(26-21-13)9-5-8(7(2)3)10(23)6-11(9)24/h5-7,23-24H,4H2,1-3H3,(H,19,25)(H2,18,20,22). The Morgan fingerprint density at radius 1 is 1.22 bits per heavy atom. The molecule has 142 valence electrons. The van der Waals surface area contributed by atoms with Gasteiger partial charge in [0.25, 0.3) is 5.91 Å². The Balaban J connectivity index is 2.25. The molecule has 0 radical (unpaired) electrons. The highest BCUT2D eigenvalue weighted by molar-refractivity contribution is 6.01. The largest absolute Gasteiger partial charge is 0.508 e. The number of carbonyl (C=O) groups excluding carboxylic acids is 1. The van der Waals surface area contributed by atoms with E-state index in [0.717, 1.165) is 0 Å². The molecule has 1 aromatic carbocycles. The van der Waals surface area contributed by atoms with E-state index in [9.17, 15) is 15.0 Å². The van der Waals surface area contributed by atoms with Crippen LogP contribution in [0, 0.1) is 0 Å². The van der Waals surface area contributed by atoms with Gasteiger partial charge in [0.2, 0.25) is 5.82 Å². The second-order valence-electron chi connectivity index (χ2n) is 6.13. The average molecular weight is 373 g/mol. The summed E-state index contributed by atoms with van der Waals surface area (Å²) in [5, 5.41) is 30.6. The topological polar surface area (TPSA) is 161 Å². The van der Waals surface area contributed by atoms with Gasteiger partial charge >= 0.3 is 6.01 Å². The summed E-state index contributed by atoms with van der Waals surface area (Å²) in [5.74, 6) is -0.805. The number of carbonyl (C=O) groups is 1. The van der Waals surface area contributed by atoms with Crippen molar-refractivity contribution in [3.05, 3.63) is 23.4 Å². The van der Waals surface area contributed by atoms with Crippen molar-refractivity contribution in [1.29, 1.82) is 0 Å². The molecule has 0 aliphatic rings. The van der Waals surface area contributed by atoms with E-state index in [2.05, 4.69) is 20.6 Å². The first-order valence-electron chi connectivity index (χ1n) is 8.27. The third-order valence-electron chi connectivity index (χ3n) is 3.92. The number of aromatic hydroxyl groups is 2. The van der Waals surface area contributed by atoms with Gasteiger partial charge < -0.3 is 30.3 Å². The van der Waals surface area contributed by atoms with Crippen LogP contribution in [0.1, 0.15) is 42.7 Å². The van der Waals surface area contributed by atoms with Gasteiger partial charge in [-0.15, -0.1) is 0 Å². The number of nitrogens with one attached hydrogen (secondary N) is 1. The fourth-order valence-corrected chi connectivity index (χ4v) is 2.66. The maximum atomic E-state index is 12.4. The van der Waals surface area contributed by atoms with Crippen LogP contribution >= 0.6 is 0 Å². The third kappa shape index (κ3) is 3.28. The number of hydrogen-bond donors (Lipinski definition) is 4. The van der Waals surface area contributed by atoms with Crippen molar-refractivity contribution in [2.45, 2.75) is 26.7 Å². The Morgan fingerprint density at radius 2 is 1.96 bits per heavy atom. The molecular weight excluding hydrogens is 354 g/mol. The van der Waals surface area contributed by atoms with E-state index in [1.54, 1.807) is 13.0 Å². The number of nitrogen functional groups attached to an aromatic ring is 1. The van der Waals surface area contributed by atoms with Crippen molar-refractivity contribution in [3.63, 3.8) is 0 Å². The summed E-state index contributed by atoms with van der Waals surface area (Å²) in [5.41, 5.74) is 6.34. The van der Waals surface area contributed by atoms with E-state index < -0.39 is 5.91 Å². The lowest BCUT2D eigenvalue weighted by Crippen LogP contribution is -2.23. The first-order valence-corrected chi connectivity index (χ1v) is 8.27. The minimum atomic E-state index is -0.506. The molecule has 0 unspecified atom stereocenters. The van der Waals surface area contributed by atoms with Gasteiger partial charge in [-0.1, -0.05) is 24.2 Å². The quantitative estimate of drug-likeness (QED) is 0.525. The van der Waals surface area contributed by atoms with Gasteiger partial charge in [0.05, 0.1) is 5.56 Å². The molecule has 0 saturated carbocycles. The number of hydrogen-bond acceptors (Lipinski definition) is 9. The van der Waals surface area contributed by atoms with Gasteiger partial charge in [0, 0.05) is 12.6 Å². The summed E-state index contributed by atoms with van der Waals surface area (Å²) >= 11 is 0. The van der Waals surface area contributed by atoms with Gasteiger partial charge in [-0.3, -0.25) is 4.79 Å². The summed E-state index contributed by atoms with van der Waals surface area (Å²) in [4.78, 5) is 16.3. The van der Waals surface area contributed by atoms with E-state index in [1.165, 1.54) is 6.07 Å². The number of rotatable bonds is 5. The van der Waals surface area contributed by atoms with Gasteiger partial charge in [-0.2, -0.15) is 4.98 Å². The van der Waals surface area contributed by atoms with Gasteiger partial charge in [-0.25, -0.2) is 0 Å². The van der Waals surface area contributed by atoms with Crippen molar-refractivity contribution < 1.29 is 24.1 Å². The van der Waals surface area contributed by atoms with Crippen LogP contribution in [0.3, 0.4) is 0 Å². The van der Waals surface area contributed by atoms with Crippen LogP contribution in [0.2, 0.25) is 0 Å². The molecule has 2 heterocycles. The first-order chi connectivity index (χ1) is 12.8. The Kier molecular flexibility index (Phi) is 4.72. The molecule has 5 N–H and O–H groups in total. The number of amides is 1. The number of phenols is 2. The maximum absolute atomic E-state index is 12.4. The highest BCUT2D eigenvalue weighted by Crippen LogP contribution is 2.42. The molecule has 27 heavy (non-hydrogen) atoms. The summed E-state index contributed by atoms with van der Waals surface area (Å²) in [7, 11) is 0. The smallest absolute Gasteiger partial charge is 0.319 e. The molecule has 0 aliphatic heterocycles. The zero-order valence-corrected chi connectivity index (χ0v) is 15.0. The monoisotopic (exact) mass is 373 g/mol. The predicted molar refractivity (Wildman–Crippen MR) is 95.1 cm³/mol. The molecule has 1 amide bonds. The van der Waals surface area contributed by atoms with Crippen LogP contribution in [0.5, 0.6) is 11.5 Å². The number of nitrogens with two attached hydrogens (primary N) is 1. The highest BCUT2D eigenvalue weighted by atomic mass is 16.5. The zero-order chi connectivity index (χ0) is 19.7. The molecule has 0 saturated heterocycles. The summed E-state index contributed by atoms with van der Waals surface area (Å²) in [6.07, 6.45) is 0. The van der Waals surface area contributed by atoms with Crippen LogP contribution in [0.25, 0.3) is 22.7 Å². The van der Waals surface area contributed by atoms with Gasteiger partial charge in [-0.05, 0) is 24.5 Å². The SMILES string of the molecule is CCNC(=O)c1noc(-c2cc(C(C)C)c(O)cc2O)c1-c1noc(N)n1. The molecule has 3 rings (SSSR count). The fourth-order valence-electron chi connectivity index (χ4n) is 2.66. The number of nitrogens with zero attached hydrogens (tertiary/aromatic N) is 3. The fraction of sp³-hybridized carbons (Fsp3) is 0.294. The lowest BCUT2D eigenvalue weighted by molar-refractivity contribution is 0.0947. The second-order valence-corrected chi connectivity index (χ2v) is 6.13. The van der Waals surface area contributed by atoms with Crippen LogP contribution in [0.4, 0.5) is 6.01 Å². The van der Waals surface area contributed by atoms with Gasteiger partial charge in [0.1, 0.15) is 17.1 Å². The highest BCUT2D eigenvalue weighted by Gasteiger charge is 2.29. The molecular formula is C17H19N5O5. The van der Waals surface area contributed by atoms with Crippen molar-refractivity contribution >= 4 is 11.9 Å².